The van der Waals surface area contributed by atoms with E-state index in [1.54, 1.807) is 6.20 Å². The third-order valence-electron chi connectivity index (χ3n) is 3.27. The Kier molecular flexibility index (Phi) is 4.09. The molecule has 0 aliphatic rings. The van der Waals surface area contributed by atoms with Crippen LogP contribution < -0.4 is 0 Å². The number of carbonyl (C=O) groups is 1. The molecule has 1 aromatic carbocycles. The van der Waals surface area contributed by atoms with Crippen molar-refractivity contribution in [3.05, 3.63) is 35.3 Å². The molecule has 2 aromatic rings. The minimum atomic E-state index is -0.201. The van der Waals surface area contributed by atoms with Gasteiger partial charge in [0.15, 0.2) is 0 Å². The quantitative estimate of drug-likeness (QED) is 0.653. The number of aromatic nitrogens is 1. The Morgan fingerprint density at radius 3 is 2.74 bits per heavy atom. The van der Waals surface area contributed by atoms with Gasteiger partial charge in [-0.1, -0.05) is 29.8 Å². The fraction of sp³-hybridized carbons (Fsp3) is 0.400. The van der Waals surface area contributed by atoms with Gasteiger partial charge in [-0.05, 0) is 35.1 Å². The van der Waals surface area contributed by atoms with Crippen LogP contribution in [0, 0.1) is 11.2 Å². The molecule has 4 heteroatoms. The van der Waals surface area contributed by atoms with Crippen molar-refractivity contribution in [1.29, 1.82) is 0 Å². The summed E-state index contributed by atoms with van der Waals surface area (Å²) in [7, 11) is 0. The van der Waals surface area contributed by atoms with Crippen LogP contribution >= 0.6 is 15.9 Å². The van der Waals surface area contributed by atoms with E-state index in [9.17, 15) is 9.18 Å². The highest BCUT2D eigenvalue weighted by Gasteiger charge is 2.20. The molecule has 0 spiro atoms. The van der Waals surface area contributed by atoms with Gasteiger partial charge in [-0.2, -0.15) is 0 Å². The number of halogens is 2. The number of nitrogens with one attached hydrogen (secondary N) is 1. The van der Waals surface area contributed by atoms with Gasteiger partial charge in [0, 0.05) is 28.9 Å². The summed E-state index contributed by atoms with van der Waals surface area (Å²) in [5.41, 5.74) is 2.44. The maximum Gasteiger partial charge on any atom is 0.127 e. The van der Waals surface area contributed by atoms with Crippen molar-refractivity contribution in [2.45, 2.75) is 26.7 Å². The lowest BCUT2D eigenvalue weighted by molar-refractivity contribution is -0.107. The van der Waals surface area contributed by atoms with Gasteiger partial charge in [-0.3, -0.25) is 0 Å². The maximum absolute atomic E-state index is 14.2. The number of hydrogen-bond acceptors (Lipinski definition) is 1. The van der Waals surface area contributed by atoms with Crippen LogP contribution in [0.5, 0.6) is 0 Å². The van der Waals surface area contributed by atoms with Gasteiger partial charge in [0.1, 0.15) is 12.1 Å². The molecule has 1 aromatic heterocycles. The first-order valence-electron chi connectivity index (χ1n) is 6.25. The fourth-order valence-corrected chi connectivity index (χ4v) is 2.40. The minimum absolute atomic E-state index is 0.00668. The maximum atomic E-state index is 14.2. The van der Waals surface area contributed by atoms with E-state index >= 15 is 0 Å². The normalized spacial score (nSPS) is 12.0. The van der Waals surface area contributed by atoms with E-state index in [1.165, 1.54) is 6.07 Å². The smallest absolute Gasteiger partial charge is 0.127 e. The number of alkyl halides is 1. The molecular formula is C15H17BrFNO. The zero-order valence-corrected chi connectivity index (χ0v) is 12.7. The lowest BCUT2D eigenvalue weighted by Gasteiger charge is -2.21. The summed E-state index contributed by atoms with van der Waals surface area (Å²) in [4.78, 5) is 13.7. The number of rotatable bonds is 5. The number of H-pyrrole nitrogens is 1. The molecule has 0 unspecified atom stereocenters. The molecule has 0 radical (unpaired) electrons. The largest absolute Gasteiger partial charge is 0.361 e. The van der Waals surface area contributed by atoms with Crippen LogP contribution in [-0.4, -0.2) is 16.6 Å². The Morgan fingerprint density at radius 1 is 1.37 bits per heavy atom. The van der Waals surface area contributed by atoms with Crippen molar-refractivity contribution in [3.63, 3.8) is 0 Å². The van der Waals surface area contributed by atoms with Crippen LogP contribution in [0.3, 0.4) is 0 Å². The second-order valence-electron chi connectivity index (χ2n) is 5.65. The summed E-state index contributed by atoms with van der Waals surface area (Å²) in [5, 5.41) is 1.61. The van der Waals surface area contributed by atoms with Crippen LogP contribution in [0.15, 0.2) is 18.3 Å². The highest BCUT2D eigenvalue weighted by Crippen LogP contribution is 2.29. The molecule has 102 valence electrons. The molecule has 0 atom stereocenters. The molecule has 0 amide bonds. The molecule has 0 fully saturated rings. The molecule has 19 heavy (non-hydrogen) atoms. The first-order chi connectivity index (χ1) is 8.96. The predicted molar refractivity (Wildman–Crippen MR) is 79.3 cm³/mol. The molecule has 2 nitrogen and oxygen atoms in total. The average molecular weight is 326 g/mol. The van der Waals surface area contributed by atoms with E-state index in [0.717, 1.165) is 28.1 Å². The lowest BCUT2D eigenvalue weighted by Crippen LogP contribution is -2.17. The van der Waals surface area contributed by atoms with E-state index in [4.69, 9.17) is 0 Å². The van der Waals surface area contributed by atoms with Gasteiger partial charge in [-0.15, -0.1) is 0 Å². The lowest BCUT2D eigenvalue weighted by atomic mass is 9.87. The van der Waals surface area contributed by atoms with Crippen LogP contribution in [0.2, 0.25) is 0 Å². The van der Waals surface area contributed by atoms with E-state index in [2.05, 4.69) is 34.8 Å². The third kappa shape index (κ3) is 3.06. The van der Waals surface area contributed by atoms with E-state index in [-0.39, 0.29) is 11.2 Å². The molecule has 1 N–H and O–H groups in total. The van der Waals surface area contributed by atoms with Crippen molar-refractivity contribution in [3.8, 4) is 0 Å². The van der Waals surface area contributed by atoms with Gasteiger partial charge in [0.2, 0.25) is 0 Å². The summed E-state index contributed by atoms with van der Waals surface area (Å²) < 4.78 is 14.2. The molecule has 0 saturated carbocycles. The Bertz CT molecular complexity index is 603. The molecule has 0 aliphatic carbocycles. The van der Waals surface area contributed by atoms with Gasteiger partial charge >= 0.3 is 0 Å². The number of aromatic amines is 1. The van der Waals surface area contributed by atoms with Gasteiger partial charge in [-0.25, -0.2) is 4.39 Å². The summed E-state index contributed by atoms with van der Waals surface area (Å²) in [6, 6.07) is 3.38. The van der Waals surface area contributed by atoms with E-state index in [0.29, 0.717) is 18.4 Å². The SMILES string of the molecule is CC(C)(CBr)Cc1cc2[nH]cc(CC=O)c2cc1F. The molecule has 1 heterocycles. The standard InChI is InChI=1S/C15H17BrFNO/c1-15(2,9-16)7-11-5-14-12(6-13(11)17)10(3-4-19)8-18-14/h4-6,8,18H,3,7,9H2,1-2H3. The molecule has 0 bridgehead atoms. The number of aldehydes is 1. The number of benzene rings is 1. The molecule has 0 saturated heterocycles. The van der Waals surface area contributed by atoms with Crippen molar-refractivity contribution in [1.82, 2.24) is 4.98 Å². The van der Waals surface area contributed by atoms with E-state index in [1.807, 2.05) is 6.07 Å². The predicted octanol–water partition coefficient (Wildman–Crippen LogP) is 4.01. The van der Waals surface area contributed by atoms with Crippen LogP contribution in [0.1, 0.15) is 25.0 Å². The summed E-state index contributed by atoms with van der Waals surface area (Å²) >= 11 is 3.46. The van der Waals surface area contributed by atoms with Gasteiger partial charge < -0.3 is 9.78 Å². The summed E-state index contributed by atoms with van der Waals surface area (Å²) in [6.45, 7) is 4.19. The zero-order valence-electron chi connectivity index (χ0n) is 11.1. The number of hydrogen-bond donors (Lipinski definition) is 1. The highest BCUT2D eigenvalue weighted by molar-refractivity contribution is 9.09. The Morgan fingerprint density at radius 2 is 2.11 bits per heavy atom. The van der Waals surface area contributed by atoms with Crippen LogP contribution in [0.25, 0.3) is 10.9 Å². The van der Waals surface area contributed by atoms with Crippen molar-refractivity contribution >= 4 is 33.1 Å². The summed E-state index contributed by atoms with van der Waals surface area (Å²) in [5.74, 6) is -0.201. The molecular weight excluding hydrogens is 309 g/mol. The van der Waals surface area contributed by atoms with Crippen LogP contribution in [0.4, 0.5) is 4.39 Å². The van der Waals surface area contributed by atoms with Crippen LogP contribution in [-0.2, 0) is 17.6 Å². The first kappa shape index (κ1) is 14.3. The minimum Gasteiger partial charge on any atom is -0.361 e. The van der Waals surface area contributed by atoms with Crippen molar-refractivity contribution in [2.24, 2.45) is 5.41 Å². The summed E-state index contributed by atoms with van der Waals surface area (Å²) in [6.07, 6.45) is 3.59. The van der Waals surface area contributed by atoms with Gasteiger partial charge in [0.25, 0.3) is 0 Å². The Hall–Kier alpha value is -1.16. The average Bonchev–Trinajstić information content (AvgIpc) is 2.73. The van der Waals surface area contributed by atoms with Gasteiger partial charge in [0.05, 0.1) is 0 Å². The molecule has 2 rings (SSSR count). The second kappa shape index (κ2) is 5.45. The highest BCUT2D eigenvalue weighted by atomic mass is 79.9. The Balaban J connectivity index is 2.43. The van der Waals surface area contributed by atoms with E-state index < -0.39 is 0 Å². The number of fused-ring (bicyclic) bond motifs is 1. The third-order valence-corrected chi connectivity index (χ3v) is 4.79. The molecule has 0 aliphatic heterocycles. The monoisotopic (exact) mass is 325 g/mol. The van der Waals surface area contributed by atoms with Crippen molar-refractivity contribution in [2.75, 3.05) is 5.33 Å². The second-order valence-corrected chi connectivity index (χ2v) is 6.21. The van der Waals surface area contributed by atoms with Crippen molar-refractivity contribution < 1.29 is 9.18 Å². The number of carbonyl (C=O) groups excluding carboxylic acids is 1. The first-order valence-corrected chi connectivity index (χ1v) is 7.37. The topological polar surface area (TPSA) is 32.9 Å². The fourth-order valence-electron chi connectivity index (χ4n) is 2.20. The zero-order chi connectivity index (χ0) is 14.0. The Labute approximate surface area is 120 Å².